The van der Waals surface area contributed by atoms with E-state index in [2.05, 4.69) is 23.3 Å². The van der Waals surface area contributed by atoms with Crippen LogP contribution in [-0.2, 0) is 42.9 Å². The second-order valence-corrected chi connectivity index (χ2v) is 7.19. The number of imide groups is 1. The van der Waals surface area contributed by atoms with Gasteiger partial charge in [-0.05, 0) is 0 Å². The van der Waals surface area contributed by atoms with E-state index in [9.17, 15) is 24.0 Å². The lowest BCUT2D eigenvalue weighted by Crippen LogP contribution is -2.34. The molecule has 0 aromatic heterocycles. The maximum Gasteiger partial charge on any atom is 0.246 e. The minimum atomic E-state index is -0.554. The minimum absolute atomic E-state index is 0.0176. The fourth-order valence-electron chi connectivity index (χ4n) is 2.49. The fourth-order valence-corrected chi connectivity index (χ4v) is 2.78. The summed E-state index contributed by atoms with van der Waals surface area (Å²) in [6.07, 6.45) is 0.869. The number of hydrogen-bond donors (Lipinski definition) is 3. The number of carbonyl (C=O) groups excluding carboxylic acids is 5. The summed E-state index contributed by atoms with van der Waals surface area (Å²) >= 11 is 4.05. The molecule has 1 aliphatic heterocycles. The number of hydrogen-bond acceptors (Lipinski definition) is 10. The summed E-state index contributed by atoms with van der Waals surface area (Å²) in [5, 5.41) is 4.44. The molecule has 0 radical (unpaired) electrons. The predicted octanol–water partition coefficient (Wildman–Crippen LogP) is -2.07. The molecule has 1 rings (SSSR count). The molecule has 0 aromatic carbocycles. The zero-order valence-corrected chi connectivity index (χ0v) is 18.8. The number of thiol groups is 1. The Balaban J connectivity index is 1.83. The zero-order valence-electron chi connectivity index (χ0n) is 17.9. The van der Waals surface area contributed by atoms with E-state index in [1.54, 1.807) is 0 Å². The van der Waals surface area contributed by atoms with Gasteiger partial charge in [0, 0.05) is 19.4 Å². The second-order valence-electron chi connectivity index (χ2n) is 6.56. The van der Waals surface area contributed by atoms with Gasteiger partial charge in [-0.2, -0.15) is 12.6 Å². The summed E-state index contributed by atoms with van der Waals surface area (Å²) in [6.45, 7) is 2.19. The van der Waals surface area contributed by atoms with Crippen LogP contribution < -0.4 is 10.6 Å². The third-order valence-electron chi connectivity index (χ3n) is 4.08. The van der Waals surface area contributed by atoms with Gasteiger partial charge >= 0.3 is 0 Å². The number of nitrogens with one attached hydrogen (secondary N) is 2. The van der Waals surface area contributed by atoms with Gasteiger partial charge in [-0.1, -0.05) is 0 Å². The molecule has 1 heterocycles. The summed E-state index contributed by atoms with van der Waals surface area (Å²) < 4.78 is 21.0. The molecule has 0 aliphatic carbocycles. The van der Waals surface area contributed by atoms with Crippen molar-refractivity contribution in [2.45, 2.75) is 18.1 Å². The van der Waals surface area contributed by atoms with Crippen molar-refractivity contribution in [3.05, 3.63) is 0 Å². The zero-order chi connectivity index (χ0) is 23.6. The number of likely N-dealkylation sites (tertiary alicyclic amines) is 1. The standard InChI is InChI=1S/C19H31N3O9S/c23-5-2-20-16(24)1-6-28-7-3-21-17(25)14-31-12-11-30-10-9-29-8-4-22-18(26)13-15(32)19(22)27/h5,15,32H,1-4,6-14H2,(H,20,24)(H,21,25). The Morgan fingerprint density at radius 3 is 2.25 bits per heavy atom. The predicted molar refractivity (Wildman–Crippen MR) is 114 cm³/mol. The molecular formula is C19H31N3O9S. The monoisotopic (exact) mass is 477 g/mol. The van der Waals surface area contributed by atoms with Crippen molar-refractivity contribution in [2.75, 3.05) is 72.5 Å². The van der Waals surface area contributed by atoms with Crippen molar-refractivity contribution in [2.24, 2.45) is 0 Å². The molecule has 2 N–H and O–H groups in total. The summed E-state index contributed by atoms with van der Waals surface area (Å²) in [5.41, 5.74) is 0. The fraction of sp³-hybridized carbons (Fsp3) is 0.737. The molecule has 1 saturated heterocycles. The van der Waals surface area contributed by atoms with Crippen LogP contribution in [0.5, 0.6) is 0 Å². The molecule has 0 saturated carbocycles. The van der Waals surface area contributed by atoms with E-state index in [0.29, 0.717) is 19.5 Å². The number of ether oxygens (including phenoxy) is 4. The molecule has 0 bridgehead atoms. The van der Waals surface area contributed by atoms with Gasteiger partial charge in [-0.25, -0.2) is 0 Å². The summed E-state index contributed by atoms with van der Waals surface area (Å²) in [7, 11) is 0. The molecule has 1 aliphatic rings. The first-order chi connectivity index (χ1) is 15.5. The van der Waals surface area contributed by atoms with Crippen molar-refractivity contribution < 1.29 is 42.9 Å². The molecule has 0 spiro atoms. The molecule has 1 atom stereocenters. The quantitative estimate of drug-likeness (QED) is 0.0825. The van der Waals surface area contributed by atoms with E-state index in [4.69, 9.17) is 18.9 Å². The summed E-state index contributed by atoms with van der Waals surface area (Å²) in [4.78, 5) is 57.3. The molecule has 13 heteroatoms. The molecule has 12 nitrogen and oxygen atoms in total. The Bertz CT molecular complexity index is 621. The number of amides is 4. The van der Waals surface area contributed by atoms with Crippen LogP contribution in [0.1, 0.15) is 12.8 Å². The van der Waals surface area contributed by atoms with Crippen molar-refractivity contribution >= 4 is 42.5 Å². The Hall–Kier alpha value is -2.06. The van der Waals surface area contributed by atoms with Crippen LogP contribution in [0, 0.1) is 0 Å². The molecule has 1 unspecified atom stereocenters. The highest BCUT2D eigenvalue weighted by Gasteiger charge is 2.35. The van der Waals surface area contributed by atoms with Gasteiger partial charge in [0.15, 0.2) is 0 Å². The smallest absolute Gasteiger partial charge is 0.246 e. The highest BCUT2D eigenvalue weighted by atomic mass is 32.1. The second kappa shape index (κ2) is 17.5. The molecule has 0 aromatic rings. The van der Waals surface area contributed by atoms with Gasteiger partial charge in [-0.15, -0.1) is 0 Å². The maximum absolute atomic E-state index is 11.7. The SMILES string of the molecule is O=CCNC(=O)CCOCCNC(=O)COCCOCCOCCN1C(=O)CC(S)C1=O. The number of carbonyl (C=O) groups is 5. The average Bonchev–Trinajstić information content (AvgIpc) is 3.01. The van der Waals surface area contributed by atoms with Gasteiger partial charge in [-0.3, -0.25) is 24.1 Å². The van der Waals surface area contributed by atoms with Crippen LogP contribution in [0.25, 0.3) is 0 Å². The lowest BCUT2D eigenvalue weighted by molar-refractivity contribution is -0.139. The number of rotatable bonds is 19. The summed E-state index contributed by atoms with van der Waals surface area (Å²) in [6, 6.07) is 0. The van der Waals surface area contributed by atoms with Gasteiger partial charge in [0.1, 0.15) is 12.9 Å². The maximum atomic E-state index is 11.7. The highest BCUT2D eigenvalue weighted by Crippen LogP contribution is 2.17. The van der Waals surface area contributed by atoms with Crippen LogP contribution in [0.15, 0.2) is 0 Å². The third kappa shape index (κ3) is 12.7. The Labute approximate surface area is 192 Å². The van der Waals surface area contributed by atoms with Crippen LogP contribution in [-0.4, -0.2) is 113 Å². The largest absolute Gasteiger partial charge is 0.379 e. The normalized spacial score (nSPS) is 15.8. The van der Waals surface area contributed by atoms with Crippen molar-refractivity contribution in [1.29, 1.82) is 0 Å². The van der Waals surface area contributed by atoms with Gasteiger partial charge < -0.3 is 34.4 Å². The van der Waals surface area contributed by atoms with E-state index < -0.39 is 5.25 Å². The van der Waals surface area contributed by atoms with Gasteiger partial charge in [0.2, 0.25) is 23.6 Å². The van der Waals surface area contributed by atoms with Crippen LogP contribution in [0.2, 0.25) is 0 Å². The minimum Gasteiger partial charge on any atom is -0.379 e. The van der Waals surface area contributed by atoms with E-state index in [-0.39, 0.29) is 95.7 Å². The molecule has 182 valence electrons. The third-order valence-corrected chi connectivity index (χ3v) is 4.48. The van der Waals surface area contributed by atoms with Crippen LogP contribution >= 0.6 is 12.6 Å². The van der Waals surface area contributed by atoms with Crippen LogP contribution in [0.3, 0.4) is 0 Å². The van der Waals surface area contributed by atoms with E-state index in [1.807, 2.05) is 0 Å². The average molecular weight is 478 g/mol. The summed E-state index contributed by atoms with van der Waals surface area (Å²) in [5.74, 6) is -1.09. The molecular weight excluding hydrogens is 446 g/mol. The Morgan fingerprint density at radius 1 is 0.938 bits per heavy atom. The van der Waals surface area contributed by atoms with Crippen molar-refractivity contribution in [1.82, 2.24) is 15.5 Å². The van der Waals surface area contributed by atoms with Gasteiger partial charge in [0.05, 0.1) is 64.6 Å². The molecule has 32 heavy (non-hydrogen) atoms. The Morgan fingerprint density at radius 2 is 1.59 bits per heavy atom. The first kappa shape index (κ1) is 28.0. The molecule has 1 fully saturated rings. The first-order valence-electron chi connectivity index (χ1n) is 10.3. The number of nitrogens with zero attached hydrogens (tertiary/aromatic N) is 1. The van der Waals surface area contributed by atoms with Gasteiger partial charge in [0.25, 0.3) is 0 Å². The lowest BCUT2D eigenvalue weighted by atomic mass is 10.4. The number of aldehydes is 1. The van der Waals surface area contributed by atoms with Crippen molar-refractivity contribution in [3.63, 3.8) is 0 Å². The Kier molecular flexibility index (Phi) is 15.3. The first-order valence-corrected chi connectivity index (χ1v) is 10.8. The van der Waals surface area contributed by atoms with Crippen molar-refractivity contribution in [3.8, 4) is 0 Å². The lowest BCUT2D eigenvalue weighted by Gasteiger charge is -2.14. The highest BCUT2D eigenvalue weighted by molar-refractivity contribution is 7.81. The topological polar surface area (TPSA) is 150 Å². The van der Waals surface area contributed by atoms with E-state index >= 15 is 0 Å². The van der Waals surface area contributed by atoms with E-state index in [0.717, 1.165) is 4.90 Å². The van der Waals surface area contributed by atoms with Crippen LogP contribution in [0.4, 0.5) is 0 Å². The van der Waals surface area contributed by atoms with E-state index in [1.165, 1.54) is 0 Å². The molecule has 4 amide bonds.